The molecule has 2 aliphatic rings. The minimum absolute atomic E-state index is 0. The summed E-state index contributed by atoms with van der Waals surface area (Å²) in [7, 11) is 0. The van der Waals surface area contributed by atoms with Crippen molar-refractivity contribution < 1.29 is 14.7 Å². The molecule has 0 aliphatic carbocycles. The molecule has 3 rings (SSSR count). The van der Waals surface area contributed by atoms with Crippen molar-refractivity contribution in [2.75, 3.05) is 45.8 Å². The number of carboxylic acids is 1. The fraction of sp³-hybridized carbons (Fsp3) is 0.579. The number of benzene rings is 1. The Morgan fingerprint density at radius 1 is 1.00 bits per heavy atom. The van der Waals surface area contributed by atoms with Gasteiger partial charge in [0.05, 0.1) is 29.1 Å². The van der Waals surface area contributed by atoms with Gasteiger partial charge in [-0.2, -0.15) is 0 Å². The van der Waals surface area contributed by atoms with Crippen molar-refractivity contribution in [3.8, 4) is 0 Å². The van der Waals surface area contributed by atoms with Crippen LogP contribution in [0.1, 0.15) is 18.4 Å². The molecule has 1 amide bonds. The second kappa shape index (κ2) is 12.2. The van der Waals surface area contributed by atoms with E-state index in [1.165, 1.54) is 12.8 Å². The number of carboxylic acid groups (broad SMARTS) is 1. The van der Waals surface area contributed by atoms with Gasteiger partial charge < -0.3 is 14.9 Å². The first-order valence-electron chi connectivity index (χ1n) is 9.32. The molecule has 6 nitrogen and oxygen atoms in total. The van der Waals surface area contributed by atoms with Crippen LogP contribution in [0, 0.1) is 0 Å². The molecule has 0 radical (unpaired) electrons. The van der Waals surface area contributed by atoms with E-state index < -0.39 is 5.97 Å². The molecule has 0 bridgehead atoms. The summed E-state index contributed by atoms with van der Waals surface area (Å²) in [4.78, 5) is 30.3. The molecule has 10 heteroatoms. The van der Waals surface area contributed by atoms with E-state index in [9.17, 15) is 9.59 Å². The molecule has 164 valence electrons. The topological polar surface area (TPSA) is 64.1 Å². The van der Waals surface area contributed by atoms with Crippen LogP contribution in [0.2, 0.25) is 10.0 Å². The average molecular weight is 487 g/mol. The predicted molar refractivity (Wildman–Crippen MR) is 120 cm³/mol. The van der Waals surface area contributed by atoms with Gasteiger partial charge in [0.2, 0.25) is 5.91 Å². The Bertz CT molecular complexity index is 701. The summed E-state index contributed by atoms with van der Waals surface area (Å²) in [5, 5.41) is 10.0. The first-order chi connectivity index (χ1) is 12.9. The fourth-order valence-electron chi connectivity index (χ4n) is 3.93. The highest BCUT2D eigenvalue weighted by Crippen LogP contribution is 2.23. The lowest BCUT2D eigenvalue weighted by molar-refractivity contribution is -0.141. The van der Waals surface area contributed by atoms with Gasteiger partial charge in [-0.25, -0.2) is 0 Å². The summed E-state index contributed by atoms with van der Waals surface area (Å²) in [6.07, 6.45) is 2.64. The smallest absolute Gasteiger partial charge is 0.317 e. The summed E-state index contributed by atoms with van der Waals surface area (Å²) >= 11 is 12.0. The Hall–Kier alpha value is -0.760. The van der Waals surface area contributed by atoms with Crippen LogP contribution in [0.4, 0.5) is 0 Å². The molecule has 0 aromatic heterocycles. The number of halogens is 4. The number of rotatable bonds is 6. The van der Waals surface area contributed by atoms with E-state index in [-0.39, 0.29) is 49.7 Å². The fourth-order valence-corrected chi connectivity index (χ4v) is 4.25. The summed E-state index contributed by atoms with van der Waals surface area (Å²) in [5.74, 6) is -0.780. The number of nitrogens with zero attached hydrogens (tertiary/aromatic N) is 3. The Labute approximate surface area is 193 Å². The molecule has 0 spiro atoms. The lowest BCUT2D eigenvalue weighted by Gasteiger charge is -2.42. The largest absolute Gasteiger partial charge is 0.480 e. The van der Waals surface area contributed by atoms with Gasteiger partial charge >= 0.3 is 5.97 Å². The quantitative estimate of drug-likeness (QED) is 0.669. The van der Waals surface area contributed by atoms with Gasteiger partial charge in [-0.05, 0) is 43.6 Å². The van der Waals surface area contributed by atoms with Crippen LogP contribution in [-0.4, -0.2) is 83.5 Å². The maximum atomic E-state index is 13.0. The predicted octanol–water partition coefficient (Wildman–Crippen LogP) is 3.07. The highest BCUT2D eigenvalue weighted by atomic mass is 35.5. The van der Waals surface area contributed by atoms with E-state index in [1.807, 2.05) is 15.9 Å². The highest BCUT2D eigenvalue weighted by molar-refractivity contribution is 6.42. The van der Waals surface area contributed by atoms with Gasteiger partial charge in [0, 0.05) is 26.2 Å². The van der Waals surface area contributed by atoms with Crippen LogP contribution in [0.3, 0.4) is 0 Å². The molecule has 1 aromatic carbocycles. The first-order valence-corrected chi connectivity index (χ1v) is 10.1. The molecule has 0 saturated carbocycles. The number of piperazine rings is 1. The lowest BCUT2D eigenvalue weighted by Crippen LogP contribution is -2.59. The maximum absolute atomic E-state index is 13.0. The van der Waals surface area contributed by atoms with Crippen molar-refractivity contribution in [3.05, 3.63) is 33.8 Å². The van der Waals surface area contributed by atoms with E-state index in [0.717, 1.165) is 25.2 Å². The van der Waals surface area contributed by atoms with Gasteiger partial charge in [0.15, 0.2) is 0 Å². The molecule has 1 aromatic rings. The Morgan fingerprint density at radius 3 is 2.31 bits per heavy atom. The molecule has 2 aliphatic heterocycles. The number of hydrogen-bond acceptors (Lipinski definition) is 4. The lowest BCUT2D eigenvalue weighted by atomic mass is 10.1. The number of hydrogen-bond donors (Lipinski definition) is 1. The van der Waals surface area contributed by atoms with Crippen LogP contribution < -0.4 is 0 Å². The molecule has 1 atom stereocenters. The van der Waals surface area contributed by atoms with Crippen molar-refractivity contribution in [3.63, 3.8) is 0 Å². The summed E-state index contributed by atoms with van der Waals surface area (Å²) in [6, 6.07) is 5.27. The van der Waals surface area contributed by atoms with Crippen molar-refractivity contribution >= 4 is 59.9 Å². The highest BCUT2D eigenvalue weighted by Gasteiger charge is 2.32. The molecule has 0 unspecified atom stereocenters. The van der Waals surface area contributed by atoms with E-state index in [0.29, 0.717) is 29.7 Å². The minimum atomic E-state index is -0.828. The van der Waals surface area contributed by atoms with Crippen molar-refractivity contribution in [2.45, 2.75) is 25.3 Å². The third-order valence-corrected chi connectivity index (χ3v) is 5.99. The normalized spacial score (nSPS) is 20.1. The van der Waals surface area contributed by atoms with E-state index in [1.54, 1.807) is 12.1 Å². The van der Waals surface area contributed by atoms with Crippen molar-refractivity contribution in [2.24, 2.45) is 0 Å². The summed E-state index contributed by atoms with van der Waals surface area (Å²) in [5.41, 5.74) is 0.835. The van der Waals surface area contributed by atoms with Gasteiger partial charge in [-0.3, -0.25) is 14.5 Å². The third-order valence-electron chi connectivity index (χ3n) is 5.25. The zero-order valence-corrected chi connectivity index (χ0v) is 19.2. The second-order valence-electron chi connectivity index (χ2n) is 7.30. The standard InChI is InChI=1S/C19H25Cl2N3O3.2ClH/c20-16-4-3-14(9-17(16)21)10-18(25)24-8-7-23(13-19(26)27)12-15(24)11-22-5-1-2-6-22;;/h3-4,9,15H,1-2,5-8,10-13H2,(H,26,27);2*1H/t15-;;/m0../s1. The number of carbonyl (C=O) groups is 2. The third kappa shape index (κ3) is 7.46. The zero-order valence-electron chi connectivity index (χ0n) is 16.1. The van der Waals surface area contributed by atoms with E-state index in [4.69, 9.17) is 28.3 Å². The zero-order chi connectivity index (χ0) is 19.4. The van der Waals surface area contributed by atoms with Crippen LogP contribution in [0.25, 0.3) is 0 Å². The van der Waals surface area contributed by atoms with E-state index in [2.05, 4.69) is 4.90 Å². The molecule has 1 N–H and O–H groups in total. The monoisotopic (exact) mass is 485 g/mol. The average Bonchev–Trinajstić information content (AvgIpc) is 3.11. The minimum Gasteiger partial charge on any atom is -0.480 e. The SMILES string of the molecule is Cl.Cl.O=C(O)CN1CCN(C(=O)Cc2ccc(Cl)c(Cl)c2)[C@@H](CN2CCCC2)C1. The van der Waals surface area contributed by atoms with Crippen LogP contribution in [-0.2, 0) is 16.0 Å². The molecular formula is C19H27Cl4N3O3. The maximum Gasteiger partial charge on any atom is 0.317 e. The van der Waals surface area contributed by atoms with Crippen LogP contribution >= 0.6 is 48.0 Å². The van der Waals surface area contributed by atoms with Gasteiger partial charge in [0.1, 0.15) is 0 Å². The van der Waals surface area contributed by atoms with Crippen LogP contribution in [0.5, 0.6) is 0 Å². The number of carbonyl (C=O) groups excluding carboxylic acids is 1. The van der Waals surface area contributed by atoms with Gasteiger partial charge in [-0.15, -0.1) is 24.8 Å². The Kier molecular flexibility index (Phi) is 11.0. The molecule has 2 heterocycles. The first kappa shape index (κ1) is 26.3. The van der Waals surface area contributed by atoms with Gasteiger partial charge in [-0.1, -0.05) is 29.3 Å². The molecule has 2 fully saturated rings. The van der Waals surface area contributed by atoms with Crippen molar-refractivity contribution in [1.29, 1.82) is 0 Å². The number of aliphatic carboxylic acids is 1. The summed E-state index contributed by atoms with van der Waals surface area (Å²) < 4.78 is 0. The molecule has 29 heavy (non-hydrogen) atoms. The Balaban J connectivity index is 0.00000210. The summed E-state index contributed by atoms with van der Waals surface area (Å²) in [6.45, 7) is 4.63. The number of amides is 1. The van der Waals surface area contributed by atoms with Gasteiger partial charge in [0.25, 0.3) is 0 Å². The van der Waals surface area contributed by atoms with Crippen molar-refractivity contribution in [1.82, 2.24) is 14.7 Å². The molecular weight excluding hydrogens is 460 g/mol. The second-order valence-corrected chi connectivity index (χ2v) is 8.12. The number of likely N-dealkylation sites (tertiary alicyclic amines) is 1. The van der Waals surface area contributed by atoms with E-state index >= 15 is 0 Å². The van der Waals surface area contributed by atoms with Crippen LogP contribution in [0.15, 0.2) is 18.2 Å². The Morgan fingerprint density at radius 2 is 1.69 bits per heavy atom. The molecule has 2 saturated heterocycles.